The van der Waals surface area contributed by atoms with Gasteiger partial charge in [-0.25, -0.2) is 4.79 Å². The van der Waals surface area contributed by atoms with Crippen LogP contribution in [0.2, 0.25) is 0 Å². The van der Waals surface area contributed by atoms with Crippen LogP contribution in [0.25, 0.3) is 0 Å². The summed E-state index contributed by atoms with van der Waals surface area (Å²) in [5.74, 6) is 3.31. The van der Waals surface area contributed by atoms with Gasteiger partial charge in [-0.05, 0) is 13.8 Å². The molecule has 2 aliphatic rings. The Hall–Kier alpha value is 2.07. The predicted octanol–water partition coefficient (Wildman–Crippen LogP) is 8.10. The van der Waals surface area contributed by atoms with Crippen LogP contribution in [0.4, 0.5) is 0 Å². The average molecular weight is 694 g/mol. The van der Waals surface area contributed by atoms with Crippen LogP contribution in [0.5, 0.6) is 0 Å². The van der Waals surface area contributed by atoms with E-state index in [1.165, 1.54) is 0 Å². The Balaban J connectivity index is -0.0000000714. The molecule has 2 rings (SSSR count). The summed E-state index contributed by atoms with van der Waals surface area (Å²) >= 11 is 15.7. The van der Waals surface area contributed by atoms with Crippen molar-refractivity contribution < 1.29 is 19.7 Å². The second-order valence-electron chi connectivity index (χ2n) is 5.43. The average Bonchev–Trinajstić information content (AvgIpc) is 3.27. The molecule has 2 N–H and O–H groups in total. The highest BCUT2D eigenvalue weighted by atomic mass is 79.9. The molecule has 0 bridgehead atoms. The first-order valence-corrected chi connectivity index (χ1v) is 15.9. The predicted molar refractivity (Wildman–Crippen MR) is 162 cm³/mol. The van der Waals surface area contributed by atoms with Gasteiger partial charge >= 0.3 is 5.97 Å². The zero-order valence-corrected chi connectivity index (χ0v) is 23.1. The zero-order chi connectivity index (χ0) is 21.3. The second-order valence-corrected chi connectivity index (χ2v) is 12.5. The molecule has 12 heteroatoms. The molecular formula is C19H42Br2Cl2O4S4. The first kappa shape index (κ1) is 46.4. The molecule has 0 amide bonds. The summed E-state index contributed by atoms with van der Waals surface area (Å²) in [4.78, 5) is 11.2. The minimum atomic E-state index is -0.286. The van der Waals surface area contributed by atoms with E-state index in [1.54, 1.807) is 50.1 Å². The molecule has 2 aliphatic heterocycles. The van der Waals surface area contributed by atoms with Gasteiger partial charge in [0, 0.05) is 39.2 Å². The van der Waals surface area contributed by atoms with Gasteiger partial charge in [0.15, 0.2) is 0 Å². The summed E-state index contributed by atoms with van der Waals surface area (Å²) < 4.78 is 5.28. The molecular weight excluding hydrogens is 651 g/mol. The summed E-state index contributed by atoms with van der Waals surface area (Å²) in [6.07, 6.45) is -0.259. The molecule has 2 fully saturated rings. The number of hydrogen-bond donors (Lipinski definition) is 2. The number of aliphatic hydroxyl groups is 2. The summed E-state index contributed by atoms with van der Waals surface area (Å²) in [6.45, 7) is 7.17. The molecule has 0 saturated carbocycles. The maximum Gasteiger partial charge on any atom is 0.333 e. The Labute approximate surface area is 234 Å². The van der Waals surface area contributed by atoms with Gasteiger partial charge in [0.05, 0.1) is 17.5 Å². The lowest BCUT2D eigenvalue weighted by Gasteiger charge is -2.22. The van der Waals surface area contributed by atoms with Crippen LogP contribution < -0.4 is 0 Å². The van der Waals surface area contributed by atoms with E-state index < -0.39 is 0 Å². The van der Waals surface area contributed by atoms with Crippen LogP contribution in [-0.2, 0) is 9.53 Å². The van der Waals surface area contributed by atoms with Crippen molar-refractivity contribution in [2.75, 3.05) is 39.0 Å². The maximum absolute atomic E-state index is 11.2. The highest BCUT2D eigenvalue weighted by molar-refractivity contribution is 9.09. The molecule has 0 radical (unpaired) electrons. The van der Waals surface area contributed by atoms with Gasteiger partial charge in [0.25, 0.3) is 0 Å². The quantitative estimate of drug-likeness (QED) is 0.133. The van der Waals surface area contributed by atoms with E-state index in [1.807, 2.05) is 6.92 Å². The third-order valence-corrected chi connectivity index (χ3v) is 9.31. The van der Waals surface area contributed by atoms with Crippen molar-refractivity contribution >= 4 is 104 Å². The lowest BCUT2D eigenvalue weighted by atomic mass is 10.2. The summed E-state index contributed by atoms with van der Waals surface area (Å²) in [5, 5.41) is 18.8. The Morgan fingerprint density at radius 3 is 1.65 bits per heavy atom. The van der Waals surface area contributed by atoms with E-state index in [4.69, 9.17) is 38.2 Å². The van der Waals surface area contributed by atoms with E-state index >= 15 is 0 Å². The van der Waals surface area contributed by atoms with Crippen molar-refractivity contribution in [3.8, 4) is 0 Å². The molecule has 0 aromatic carbocycles. The first-order chi connectivity index (χ1) is 12.7. The Bertz CT molecular complexity index is 399. The molecule has 0 unspecified atom stereocenters. The van der Waals surface area contributed by atoms with Crippen molar-refractivity contribution in [3.63, 3.8) is 0 Å². The van der Waals surface area contributed by atoms with E-state index in [9.17, 15) is 4.79 Å². The van der Waals surface area contributed by atoms with Gasteiger partial charge in [-0.15, -0.1) is 23.2 Å². The van der Waals surface area contributed by atoms with Crippen molar-refractivity contribution in [3.05, 3.63) is 12.2 Å². The van der Waals surface area contributed by atoms with E-state index in [-0.39, 0.29) is 58.8 Å². The van der Waals surface area contributed by atoms with Gasteiger partial charge in [0.1, 0.15) is 5.60 Å². The smallest absolute Gasteiger partial charge is 0.333 e. The number of alkyl halides is 4. The SMILES string of the molecule is C.C.C.C.C=C(C)C(=O)OC1(C)CSSC1.ClCCl.OC(CBr)CBr.OC1CSSC1. The van der Waals surface area contributed by atoms with Crippen LogP contribution in [0.3, 0.4) is 0 Å². The van der Waals surface area contributed by atoms with Crippen LogP contribution >= 0.6 is 98.2 Å². The number of hydrogen-bond acceptors (Lipinski definition) is 8. The molecule has 0 atom stereocenters. The number of carbonyl (C=O) groups excluding carboxylic acids is 1. The van der Waals surface area contributed by atoms with Crippen molar-refractivity contribution in [1.29, 1.82) is 0 Å². The van der Waals surface area contributed by atoms with Crippen LogP contribution in [0.1, 0.15) is 43.6 Å². The summed E-state index contributed by atoms with van der Waals surface area (Å²) in [5.41, 5.74) is 0.184. The first-order valence-electron chi connectivity index (χ1n) is 7.63. The molecule has 0 spiro atoms. The summed E-state index contributed by atoms with van der Waals surface area (Å²) in [6, 6.07) is 0. The number of carbonyl (C=O) groups is 1. The Kier molecular flexibility index (Phi) is 45.1. The van der Waals surface area contributed by atoms with Gasteiger partial charge < -0.3 is 14.9 Å². The molecule has 0 aliphatic carbocycles. The topological polar surface area (TPSA) is 66.8 Å². The van der Waals surface area contributed by atoms with E-state index in [0.717, 1.165) is 23.0 Å². The number of halogens is 4. The van der Waals surface area contributed by atoms with Crippen LogP contribution in [0.15, 0.2) is 12.2 Å². The number of esters is 1. The van der Waals surface area contributed by atoms with Crippen LogP contribution in [-0.4, -0.2) is 73.0 Å². The number of rotatable bonds is 4. The third-order valence-electron chi connectivity index (χ3n) is 2.46. The maximum atomic E-state index is 11.2. The monoisotopic (exact) mass is 690 g/mol. The lowest BCUT2D eigenvalue weighted by molar-refractivity contribution is -0.148. The molecule has 4 nitrogen and oxygen atoms in total. The zero-order valence-electron chi connectivity index (χ0n) is 15.2. The lowest BCUT2D eigenvalue weighted by Crippen LogP contribution is -2.34. The highest BCUT2D eigenvalue weighted by Gasteiger charge is 2.34. The largest absolute Gasteiger partial charge is 0.454 e. The number of ether oxygens (including phenoxy) is 1. The molecule has 0 aromatic rings. The highest BCUT2D eigenvalue weighted by Crippen LogP contribution is 2.39. The Morgan fingerprint density at radius 1 is 1.10 bits per heavy atom. The molecule has 2 heterocycles. The minimum absolute atomic E-state index is 0. The number of aliphatic hydroxyl groups excluding tert-OH is 2. The van der Waals surface area contributed by atoms with Gasteiger partial charge in [0.2, 0.25) is 0 Å². The molecule has 0 aromatic heterocycles. The van der Waals surface area contributed by atoms with Gasteiger partial charge in [-0.2, -0.15) is 0 Å². The third kappa shape index (κ3) is 30.0. The molecule has 31 heavy (non-hydrogen) atoms. The standard InChI is InChI=1S/C8H12O2S2.C3H6Br2O.C3H6OS2.CH2Cl2.4CH4/c1-6(2)7(9)10-8(3)4-11-12-5-8;4-1-3(6)2-5;4-3-1-5-6-2-3;2-1-3;;;;/h1,4-5H2,2-3H3;3,6H,1-2H2;3-4H,1-2H2;1H2;4*1H4. The normalized spacial score (nSPS) is 15.4. The van der Waals surface area contributed by atoms with E-state index in [0.29, 0.717) is 16.2 Å². The minimum Gasteiger partial charge on any atom is -0.454 e. The fraction of sp³-hybridized carbons (Fsp3) is 0.842. The summed E-state index contributed by atoms with van der Waals surface area (Å²) in [7, 11) is 6.99. The van der Waals surface area contributed by atoms with Crippen molar-refractivity contribution in [1.82, 2.24) is 0 Å². The Morgan fingerprint density at radius 2 is 1.45 bits per heavy atom. The molecule has 194 valence electrons. The molecule has 2 saturated heterocycles. The fourth-order valence-electron chi connectivity index (χ4n) is 1.09. The van der Waals surface area contributed by atoms with Crippen molar-refractivity contribution in [2.45, 2.75) is 61.4 Å². The van der Waals surface area contributed by atoms with Gasteiger partial charge in [-0.1, -0.05) is 111 Å². The fourth-order valence-corrected chi connectivity index (χ4v) is 7.68. The van der Waals surface area contributed by atoms with Crippen LogP contribution in [0, 0.1) is 0 Å². The van der Waals surface area contributed by atoms with Gasteiger partial charge in [-0.3, -0.25) is 0 Å². The van der Waals surface area contributed by atoms with E-state index in [2.05, 4.69) is 38.4 Å². The second kappa shape index (κ2) is 30.1. The van der Waals surface area contributed by atoms with Crippen molar-refractivity contribution in [2.24, 2.45) is 0 Å².